The minimum absolute atomic E-state index is 0.234. The smallest absolute Gasteiger partial charge is 0.307 e. The first-order chi connectivity index (χ1) is 14.6. The molecule has 30 heavy (non-hydrogen) atoms. The summed E-state index contributed by atoms with van der Waals surface area (Å²) < 4.78 is 11.1. The summed E-state index contributed by atoms with van der Waals surface area (Å²) in [6, 6.07) is 17.6. The Labute approximate surface area is 176 Å². The van der Waals surface area contributed by atoms with Crippen LogP contribution in [0.15, 0.2) is 54.6 Å². The zero-order valence-corrected chi connectivity index (χ0v) is 17.2. The summed E-state index contributed by atoms with van der Waals surface area (Å²) in [7, 11) is 3.28. The Morgan fingerprint density at radius 1 is 1.13 bits per heavy atom. The van der Waals surface area contributed by atoms with Gasteiger partial charge in [0, 0.05) is 17.5 Å². The minimum Gasteiger partial charge on any atom is -0.497 e. The zero-order valence-electron chi connectivity index (χ0n) is 17.2. The molecule has 6 heteroatoms. The summed E-state index contributed by atoms with van der Waals surface area (Å²) in [5.41, 5.74) is 2.70. The van der Waals surface area contributed by atoms with E-state index >= 15 is 0 Å². The Morgan fingerprint density at radius 3 is 2.73 bits per heavy atom. The molecule has 2 heterocycles. The van der Waals surface area contributed by atoms with Gasteiger partial charge in [0.15, 0.2) is 0 Å². The number of benzene rings is 2. The number of hydrogen-bond donors (Lipinski definition) is 1. The number of aliphatic carboxylic acids is 1. The maximum absolute atomic E-state index is 11.7. The zero-order chi connectivity index (χ0) is 21.1. The summed E-state index contributed by atoms with van der Waals surface area (Å²) in [4.78, 5) is 18.9. The average Bonchev–Trinajstić information content (AvgIpc) is 2.79. The number of carbonyl (C=O) groups is 1. The fraction of sp³-hybridized carbons (Fsp3) is 0.333. The van der Waals surface area contributed by atoms with Crippen molar-refractivity contribution in [2.24, 2.45) is 5.92 Å². The Bertz CT molecular complexity index is 1050. The van der Waals surface area contributed by atoms with Gasteiger partial charge < -0.3 is 14.6 Å². The topological polar surface area (TPSA) is 71.9 Å². The standard InChI is InChI=1S/C24H26N2O4/c1-29-18-10-12-22(30-2)19(14-18)23(26-13-5-7-17(15-26)24(27)28)21-11-9-16-6-3-4-8-20(16)25-21/h3-4,6,8-12,14,17,23H,5,7,13,15H2,1-2H3,(H,27,28). The molecule has 0 spiro atoms. The molecule has 1 fully saturated rings. The molecule has 2 atom stereocenters. The van der Waals surface area contributed by atoms with Crippen molar-refractivity contribution >= 4 is 16.9 Å². The van der Waals surface area contributed by atoms with Gasteiger partial charge in [0.1, 0.15) is 11.5 Å². The van der Waals surface area contributed by atoms with E-state index in [0.717, 1.165) is 46.6 Å². The largest absolute Gasteiger partial charge is 0.497 e. The number of rotatable bonds is 6. The van der Waals surface area contributed by atoms with Crippen molar-refractivity contribution in [2.75, 3.05) is 27.3 Å². The predicted molar refractivity (Wildman–Crippen MR) is 115 cm³/mol. The van der Waals surface area contributed by atoms with Crippen molar-refractivity contribution in [3.8, 4) is 11.5 Å². The number of fused-ring (bicyclic) bond motifs is 1. The lowest BCUT2D eigenvalue weighted by molar-refractivity contribution is -0.143. The monoisotopic (exact) mass is 406 g/mol. The number of ether oxygens (including phenoxy) is 2. The summed E-state index contributed by atoms with van der Waals surface area (Å²) in [6.07, 6.45) is 1.52. The van der Waals surface area contributed by atoms with Crippen molar-refractivity contribution in [3.63, 3.8) is 0 Å². The van der Waals surface area contributed by atoms with E-state index in [2.05, 4.69) is 11.0 Å². The quantitative estimate of drug-likeness (QED) is 0.663. The van der Waals surface area contributed by atoms with E-state index < -0.39 is 11.9 Å². The van der Waals surface area contributed by atoms with Gasteiger partial charge in [0.05, 0.1) is 37.4 Å². The Balaban J connectivity index is 1.85. The van der Waals surface area contributed by atoms with E-state index in [1.807, 2.05) is 48.5 Å². The molecule has 1 aliphatic heterocycles. The molecule has 1 aliphatic rings. The molecule has 0 radical (unpaired) electrons. The van der Waals surface area contributed by atoms with Crippen LogP contribution in [0.4, 0.5) is 0 Å². The van der Waals surface area contributed by atoms with Crippen molar-refractivity contribution in [1.82, 2.24) is 9.88 Å². The van der Waals surface area contributed by atoms with E-state index in [9.17, 15) is 9.90 Å². The summed E-state index contributed by atoms with van der Waals surface area (Å²) >= 11 is 0. The molecule has 6 nitrogen and oxygen atoms in total. The van der Waals surface area contributed by atoms with Gasteiger partial charge in [-0.2, -0.15) is 0 Å². The third-order valence-electron chi connectivity index (χ3n) is 5.80. The maximum Gasteiger partial charge on any atom is 0.307 e. The number of aromatic nitrogens is 1. The lowest BCUT2D eigenvalue weighted by atomic mass is 9.92. The van der Waals surface area contributed by atoms with Crippen molar-refractivity contribution in [3.05, 3.63) is 65.9 Å². The Morgan fingerprint density at radius 2 is 1.97 bits per heavy atom. The highest BCUT2D eigenvalue weighted by molar-refractivity contribution is 5.78. The number of likely N-dealkylation sites (tertiary alicyclic amines) is 1. The van der Waals surface area contributed by atoms with Crippen molar-refractivity contribution in [1.29, 1.82) is 0 Å². The van der Waals surface area contributed by atoms with Crippen LogP contribution >= 0.6 is 0 Å². The van der Waals surface area contributed by atoms with Gasteiger partial charge in [0.2, 0.25) is 0 Å². The number of nitrogens with zero attached hydrogens (tertiary/aromatic N) is 2. The first-order valence-corrected chi connectivity index (χ1v) is 10.1. The molecule has 0 amide bonds. The number of methoxy groups -OCH3 is 2. The van der Waals surface area contributed by atoms with E-state index in [1.165, 1.54) is 0 Å². The molecule has 0 aliphatic carbocycles. The van der Waals surface area contributed by atoms with E-state index in [0.29, 0.717) is 13.0 Å². The molecule has 156 valence electrons. The van der Waals surface area contributed by atoms with Crippen molar-refractivity contribution in [2.45, 2.75) is 18.9 Å². The Hall–Kier alpha value is -3.12. The van der Waals surface area contributed by atoms with Crippen LogP contribution in [0.3, 0.4) is 0 Å². The second-order valence-electron chi connectivity index (χ2n) is 7.61. The van der Waals surface area contributed by atoms with Gasteiger partial charge in [0.25, 0.3) is 0 Å². The van der Waals surface area contributed by atoms with Crippen LogP contribution in [-0.4, -0.2) is 48.3 Å². The fourth-order valence-electron chi connectivity index (χ4n) is 4.27. The van der Waals surface area contributed by atoms with Gasteiger partial charge in [-0.05, 0) is 49.7 Å². The third kappa shape index (κ3) is 3.96. The van der Waals surface area contributed by atoms with Crippen molar-refractivity contribution < 1.29 is 19.4 Å². The van der Waals surface area contributed by atoms with Crippen LogP contribution in [0.2, 0.25) is 0 Å². The first kappa shape index (κ1) is 20.2. The molecule has 2 aromatic carbocycles. The van der Waals surface area contributed by atoms with Crippen LogP contribution < -0.4 is 9.47 Å². The lowest BCUT2D eigenvalue weighted by Crippen LogP contribution is -2.41. The highest BCUT2D eigenvalue weighted by atomic mass is 16.5. The number of carboxylic acids is 1. The SMILES string of the molecule is COc1ccc(OC)c(C(c2ccc3ccccc3n2)N2CCCC(C(=O)O)C2)c1. The normalized spacial score (nSPS) is 18.1. The van der Waals surface area contributed by atoms with E-state index in [-0.39, 0.29) is 6.04 Å². The number of hydrogen-bond acceptors (Lipinski definition) is 5. The molecule has 1 aromatic heterocycles. The van der Waals surface area contributed by atoms with Gasteiger partial charge in [-0.1, -0.05) is 24.3 Å². The molecule has 4 rings (SSSR count). The lowest BCUT2D eigenvalue weighted by Gasteiger charge is -2.37. The van der Waals surface area contributed by atoms with Crippen LogP contribution in [0.1, 0.15) is 30.1 Å². The van der Waals surface area contributed by atoms with Crippen LogP contribution in [0, 0.1) is 5.92 Å². The summed E-state index contributed by atoms with van der Waals surface area (Å²) in [5, 5.41) is 10.7. The highest BCUT2D eigenvalue weighted by Gasteiger charge is 2.33. The number of carboxylic acid groups (broad SMARTS) is 1. The van der Waals surface area contributed by atoms with E-state index in [1.54, 1.807) is 14.2 Å². The molecule has 1 N–H and O–H groups in total. The van der Waals surface area contributed by atoms with Gasteiger partial charge >= 0.3 is 5.97 Å². The number of para-hydroxylation sites is 1. The fourth-order valence-corrected chi connectivity index (χ4v) is 4.27. The first-order valence-electron chi connectivity index (χ1n) is 10.1. The molecule has 0 bridgehead atoms. The highest BCUT2D eigenvalue weighted by Crippen LogP contribution is 2.38. The molecule has 2 unspecified atom stereocenters. The molecule has 3 aromatic rings. The van der Waals surface area contributed by atoms with Crippen LogP contribution in [-0.2, 0) is 4.79 Å². The number of pyridine rings is 1. The van der Waals surface area contributed by atoms with Gasteiger partial charge in [-0.25, -0.2) is 0 Å². The molecule has 0 saturated carbocycles. The summed E-state index contributed by atoms with van der Waals surface area (Å²) in [5.74, 6) is 0.317. The molecular weight excluding hydrogens is 380 g/mol. The van der Waals surface area contributed by atoms with Crippen LogP contribution in [0.25, 0.3) is 10.9 Å². The second kappa shape index (κ2) is 8.71. The molecule has 1 saturated heterocycles. The summed E-state index contributed by atoms with van der Waals surface area (Å²) in [6.45, 7) is 1.26. The Kier molecular flexibility index (Phi) is 5.86. The van der Waals surface area contributed by atoms with E-state index in [4.69, 9.17) is 14.5 Å². The average molecular weight is 406 g/mol. The minimum atomic E-state index is -0.748. The third-order valence-corrected chi connectivity index (χ3v) is 5.80. The van der Waals surface area contributed by atoms with Gasteiger partial charge in [-0.15, -0.1) is 0 Å². The second-order valence-corrected chi connectivity index (χ2v) is 7.61. The van der Waals surface area contributed by atoms with Crippen LogP contribution in [0.5, 0.6) is 11.5 Å². The molecular formula is C24H26N2O4. The maximum atomic E-state index is 11.7. The number of piperidine rings is 1. The predicted octanol–water partition coefficient (Wildman–Crippen LogP) is 4.14. The van der Waals surface area contributed by atoms with Gasteiger partial charge in [-0.3, -0.25) is 14.7 Å².